The van der Waals surface area contributed by atoms with E-state index in [0.29, 0.717) is 32.6 Å². The average molecular weight is 369 g/mol. The summed E-state index contributed by atoms with van der Waals surface area (Å²) in [6, 6.07) is 17.7. The van der Waals surface area contributed by atoms with E-state index in [1.165, 1.54) is 4.90 Å². The molecule has 0 bridgehead atoms. The predicted octanol–water partition coefficient (Wildman–Crippen LogP) is 3.00. The van der Waals surface area contributed by atoms with Crippen LogP contribution in [0.5, 0.6) is 0 Å². The smallest absolute Gasteiger partial charge is 0.234 e. The Morgan fingerprint density at radius 2 is 1.50 bits per heavy atom. The number of likely N-dealkylation sites (tertiary alicyclic amines) is 2. The fraction of sp³-hybridized carbons (Fsp3) is 0.333. The van der Waals surface area contributed by atoms with Gasteiger partial charge in [-0.25, -0.2) is 0 Å². The lowest BCUT2D eigenvalue weighted by atomic mass is 10.00. The largest absolute Gasteiger partial charge is 0.297 e. The second kappa shape index (κ2) is 7.22. The number of hydrogen-bond donors (Lipinski definition) is 0. The molecule has 0 aliphatic carbocycles. The summed E-state index contributed by atoms with van der Waals surface area (Å²) in [5.74, 6) is -0.447. The minimum absolute atomic E-state index is 0.0161. The lowest BCUT2D eigenvalue weighted by Gasteiger charge is -2.21. The van der Waals surface area contributed by atoms with Gasteiger partial charge in [0.25, 0.3) is 0 Å². The molecule has 2 atom stereocenters. The maximum atomic E-state index is 12.7. The zero-order valence-electron chi connectivity index (χ0n) is 14.5. The molecule has 0 unspecified atom stereocenters. The highest BCUT2D eigenvalue weighted by Crippen LogP contribution is 2.34. The Bertz CT molecular complexity index is 800. The Labute approximate surface area is 158 Å². The first-order valence-corrected chi connectivity index (χ1v) is 9.36. The first-order valence-electron chi connectivity index (χ1n) is 8.98. The molecular weight excluding hydrogens is 348 g/mol. The van der Waals surface area contributed by atoms with Crippen LogP contribution in [-0.4, -0.2) is 41.2 Å². The Morgan fingerprint density at radius 1 is 0.885 bits per heavy atom. The van der Waals surface area contributed by atoms with Gasteiger partial charge in [-0.2, -0.15) is 0 Å². The van der Waals surface area contributed by atoms with Gasteiger partial charge in [0.05, 0.1) is 11.8 Å². The molecule has 26 heavy (non-hydrogen) atoms. The summed E-state index contributed by atoms with van der Waals surface area (Å²) in [7, 11) is 0. The number of amides is 2. The van der Waals surface area contributed by atoms with Crippen molar-refractivity contribution < 1.29 is 9.59 Å². The number of fused-ring (bicyclic) bond motifs is 1. The van der Waals surface area contributed by atoms with Gasteiger partial charge in [0.15, 0.2) is 0 Å². The molecule has 4 nitrogen and oxygen atoms in total. The van der Waals surface area contributed by atoms with Crippen molar-refractivity contribution in [3.63, 3.8) is 0 Å². The highest BCUT2D eigenvalue weighted by molar-refractivity contribution is 6.31. The lowest BCUT2D eigenvalue weighted by Crippen LogP contribution is -2.37. The van der Waals surface area contributed by atoms with Crippen LogP contribution in [-0.2, 0) is 22.6 Å². The summed E-state index contributed by atoms with van der Waals surface area (Å²) in [4.78, 5) is 29.1. The van der Waals surface area contributed by atoms with E-state index in [1.807, 2.05) is 54.6 Å². The van der Waals surface area contributed by atoms with Crippen LogP contribution in [0.1, 0.15) is 11.1 Å². The van der Waals surface area contributed by atoms with Gasteiger partial charge >= 0.3 is 0 Å². The van der Waals surface area contributed by atoms with Gasteiger partial charge in [-0.15, -0.1) is 0 Å². The van der Waals surface area contributed by atoms with Crippen LogP contribution < -0.4 is 0 Å². The van der Waals surface area contributed by atoms with Crippen molar-refractivity contribution in [3.8, 4) is 0 Å². The maximum Gasteiger partial charge on any atom is 0.234 e. The quantitative estimate of drug-likeness (QED) is 0.762. The van der Waals surface area contributed by atoms with Crippen LogP contribution in [0.4, 0.5) is 0 Å². The minimum Gasteiger partial charge on any atom is -0.297 e. The monoisotopic (exact) mass is 368 g/mol. The first kappa shape index (κ1) is 17.3. The molecule has 2 aromatic rings. The van der Waals surface area contributed by atoms with Gasteiger partial charge in [0.1, 0.15) is 0 Å². The average Bonchev–Trinajstić information content (AvgIpc) is 3.16. The number of rotatable bonds is 5. The van der Waals surface area contributed by atoms with Crippen LogP contribution in [0.3, 0.4) is 0 Å². The Hall–Kier alpha value is -2.17. The summed E-state index contributed by atoms with van der Waals surface area (Å²) in [6.45, 7) is 2.40. The molecule has 0 radical (unpaired) electrons. The van der Waals surface area contributed by atoms with Crippen molar-refractivity contribution in [3.05, 3.63) is 70.7 Å². The van der Waals surface area contributed by atoms with Gasteiger partial charge < -0.3 is 0 Å². The van der Waals surface area contributed by atoms with E-state index < -0.39 is 0 Å². The Kier molecular flexibility index (Phi) is 4.79. The topological polar surface area (TPSA) is 40.6 Å². The fourth-order valence-corrected chi connectivity index (χ4v) is 4.19. The number of halogens is 1. The summed E-state index contributed by atoms with van der Waals surface area (Å²) in [5.41, 5.74) is 2.18. The summed E-state index contributed by atoms with van der Waals surface area (Å²) < 4.78 is 0. The molecule has 0 spiro atoms. The van der Waals surface area contributed by atoms with Gasteiger partial charge in [-0.1, -0.05) is 60.1 Å². The van der Waals surface area contributed by atoms with Crippen molar-refractivity contribution >= 4 is 23.4 Å². The highest BCUT2D eigenvalue weighted by Gasteiger charge is 2.51. The molecular formula is C21H21ClN2O2. The van der Waals surface area contributed by atoms with E-state index in [0.717, 1.165) is 16.1 Å². The molecule has 2 fully saturated rings. The molecule has 0 aromatic heterocycles. The van der Waals surface area contributed by atoms with Gasteiger partial charge in [-0.05, 0) is 23.6 Å². The zero-order chi connectivity index (χ0) is 18.1. The van der Waals surface area contributed by atoms with E-state index in [9.17, 15) is 9.59 Å². The summed E-state index contributed by atoms with van der Waals surface area (Å²) in [5, 5.41) is 0.728. The van der Waals surface area contributed by atoms with Gasteiger partial charge in [0, 0.05) is 31.2 Å². The van der Waals surface area contributed by atoms with Crippen molar-refractivity contribution in [1.82, 2.24) is 9.80 Å². The third kappa shape index (κ3) is 3.27. The molecule has 4 rings (SSSR count). The van der Waals surface area contributed by atoms with Crippen LogP contribution in [0, 0.1) is 11.8 Å². The van der Waals surface area contributed by atoms with E-state index in [4.69, 9.17) is 11.6 Å². The van der Waals surface area contributed by atoms with Crippen molar-refractivity contribution in [1.29, 1.82) is 0 Å². The molecule has 2 aromatic carbocycles. The van der Waals surface area contributed by atoms with E-state index >= 15 is 0 Å². The van der Waals surface area contributed by atoms with E-state index in [1.54, 1.807) is 0 Å². The highest BCUT2D eigenvalue weighted by atomic mass is 35.5. The third-order valence-electron chi connectivity index (χ3n) is 5.38. The van der Waals surface area contributed by atoms with Crippen molar-refractivity contribution in [2.45, 2.75) is 13.0 Å². The standard InChI is InChI=1S/C21H21ClN2O2/c22-19-9-5-4-8-16(19)12-23-13-17-18(14-23)21(26)24(20(17)25)11-10-15-6-2-1-3-7-15/h1-9,17-18H,10-14H2/t17-,18+. The van der Waals surface area contributed by atoms with Crippen LogP contribution in [0.15, 0.2) is 54.6 Å². The SMILES string of the molecule is O=C1[C@H]2CN(Cc3ccccc3Cl)C[C@H]2C(=O)N1CCc1ccccc1. The fourth-order valence-electron chi connectivity index (χ4n) is 4.00. The summed E-state index contributed by atoms with van der Waals surface area (Å²) >= 11 is 6.23. The van der Waals surface area contributed by atoms with Crippen LogP contribution in [0.25, 0.3) is 0 Å². The van der Waals surface area contributed by atoms with Crippen LogP contribution in [0.2, 0.25) is 5.02 Å². The minimum atomic E-state index is -0.208. The number of nitrogens with zero attached hydrogens (tertiary/aromatic N) is 2. The molecule has 5 heteroatoms. The molecule has 134 valence electrons. The number of carbonyl (C=O) groups excluding carboxylic acids is 2. The number of hydrogen-bond acceptors (Lipinski definition) is 3. The van der Waals surface area contributed by atoms with Gasteiger partial charge in [0.2, 0.25) is 11.8 Å². The van der Waals surface area contributed by atoms with Gasteiger partial charge in [-0.3, -0.25) is 19.4 Å². The van der Waals surface area contributed by atoms with Crippen LogP contribution >= 0.6 is 11.6 Å². The first-order chi connectivity index (χ1) is 12.6. The Balaban J connectivity index is 1.39. The molecule has 2 aliphatic heterocycles. The van der Waals surface area contributed by atoms with E-state index in [-0.39, 0.29) is 23.7 Å². The molecule has 2 saturated heterocycles. The zero-order valence-corrected chi connectivity index (χ0v) is 15.2. The predicted molar refractivity (Wildman–Crippen MR) is 101 cm³/mol. The van der Waals surface area contributed by atoms with Crippen molar-refractivity contribution in [2.24, 2.45) is 11.8 Å². The van der Waals surface area contributed by atoms with E-state index in [2.05, 4.69) is 4.90 Å². The molecule has 2 heterocycles. The Morgan fingerprint density at radius 3 is 2.15 bits per heavy atom. The second-order valence-electron chi connectivity index (χ2n) is 7.06. The van der Waals surface area contributed by atoms with Crippen molar-refractivity contribution in [2.75, 3.05) is 19.6 Å². The molecule has 2 amide bonds. The number of imide groups is 1. The third-order valence-corrected chi connectivity index (χ3v) is 5.75. The number of benzene rings is 2. The number of carbonyl (C=O) groups is 2. The summed E-state index contributed by atoms with van der Waals surface area (Å²) in [6.07, 6.45) is 0.709. The molecule has 2 aliphatic rings. The second-order valence-corrected chi connectivity index (χ2v) is 7.47. The molecule has 0 N–H and O–H groups in total. The lowest BCUT2D eigenvalue weighted by molar-refractivity contribution is -0.140. The molecule has 0 saturated carbocycles. The maximum absolute atomic E-state index is 12.7. The normalized spacial score (nSPS) is 22.9.